The third kappa shape index (κ3) is 43.6. The number of nitrogens with zero attached hydrogens (tertiary/aromatic N) is 1. The van der Waals surface area contributed by atoms with E-state index in [2.05, 4.69) is 19.2 Å². The van der Waals surface area contributed by atoms with Crippen molar-refractivity contribution in [1.82, 2.24) is 0 Å². The van der Waals surface area contributed by atoms with Crippen LogP contribution < -0.4 is 0 Å². The van der Waals surface area contributed by atoms with Crippen LogP contribution in [0.1, 0.15) is 104 Å². The van der Waals surface area contributed by atoms with E-state index in [4.69, 9.17) is 23.7 Å². The summed E-state index contributed by atoms with van der Waals surface area (Å²) >= 11 is -0.556. The van der Waals surface area contributed by atoms with Crippen LogP contribution in [0.3, 0.4) is 0 Å². The number of hydrogen-bond donors (Lipinski definition) is 1. The molecule has 0 fully saturated rings. The van der Waals surface area contributed by atoms with Gasteiger partial charge < -0.3 is 10.4 Å². The van der Waals surface area contributed by atoms with Crippen molar-refractivity contribution in [2.45, 2.75) is 104 Å². The summed E-state index contributed by atoms with van der Waals surface area (Å²) in [6.45, 7) is 9.02. The van der Waals surface area contributed by atoms with Gasteiger partial charge in [-0.3, -0.25) is 0 Å². The van der Waals surface area contributed by atoms with Gasteiger partial charge in [-0.15, -0.1) is 13.1 Å². The van der Waals surface area contributed by atoms with Crippen molar-refractivity contribution in [2.24, 2.45) is 0 Å². The molecule has 1 N–H and O–H groups in total. The molecule has 5 heteroatoms. The number of aliphatic hydroxyl groups is 1. The van der Waals surface area contributed by atoms with Gasteiger partial charge in [0.05, 0.1) is 0 Å². The van der Waals surface area contributed by atoms with Crippen LogP contribution in [0.4, 0.5) is 0 Å². The number of hydrogen-bond acceptors (Lipinski definition) is 1. The van der Waals surface area contributed by atoms with E-state index in [1.165, 1.54) is 77.0 Å². The molecule has 0 heterocycles. The Kier molecular flexibility index (Phi) is 44.1. The molecule has 0 aromatic heterocycles. The minimum atomic E-state index is -0.556. The molecule has 2 nitrogen and oxygen atoms in total. The predicted molar refractivity (Wildman–Crippen MR) is 109 cm³/mol. The third-order valence-corrected chi connectivity index (χ3v) is 3.56. The zero-order chi connectivity index (χ0) is 18.7. The van der Waals surface area contributed by atoms with Crippen molar-refractivity contribution in [3.8, 4) is 0 Å². The van der Waals surface area contributed by atoms with E-state index >= 15 is 0 Å². The molecule has 0 bridgehead atoms. The number of halogens is 2. The van der Waals surface area contributed by atoms with Crippen molar-refractivity contribution < 1.29 is 22.1 Å². The first kappa shape index (κ1) is 30.0. The summed E-state index contributed by atoms with van der Waals surface area (Å²) in [5.74, 6) is 0. The zero-order valence-electron chi connectivity index (χ0n) is 16.5. The Morgan fingerprint density at radius 3 is 1.21 bits per heavy atom. The Hall–Kier alpha value is 1.21. The van der Waals surface area contributed by atoms with Crippen LogP contribution >= 0.6 is 18.6 Å². The molecule has 24 heavy (non-hydrogen) atoms. The number of aliphatic hydroxyl groups excluding tert-OH is 1. The summed E-state index contributed by atoms with van der Waals surface area (Å²) in [6.07, 6.45) is 17.5. The monoisotopic (exact) mass is 418 g/mol. The van der Waals surface area contributed by atoms with Crippen LogP contribution in [-0.4, -0.2) is 24.8 Å². The normalized spacial score (nSPS) is 9.58. The van der Waals surface area contributed by atoms with Crippen LogP contribution in [0.5, 0.6) is 0 Å². The Bertz CT molecular complexity index is 161. The second-order valence-corrected chi connectivity index (χ2v) is 8.58. The van der Waals surface area contributed by atoms with E-state index < -0.39 is 17.0 Å². The molecule has 0 spiro atoms. The van der Waals surface area contributed by atoms with Gasteiger partial charge in [0.2, 0.25) is 0 Å². The Balaban J connectivity index is -0.000000531. The Labute approximate surface area is 169 Å². The van der Waals surface area contributed by atoms with Crippen molar-refractivity contribution in [1.29, 1.82) is 0 Å². The van der Waals surface area contributed by atoms with Gasteiger partial charge >= 0.3 is 35.6 Å². The summed E-state index contributed by atoms with van der Waals surface area (Å²) in [5, 5.41) is 12.5. The van der Waals surface area contributed by atoms with E-state index in [1.54, 1.807) is 0 Å². The van der Waals surface area contributed by atoms with Gasteiger partial charge in [0.15, 0.2) is 0 Å². The summed E-state index contributed by atoms with van der Waals surface area (Å²) in [5.41, 5.74) is 0. The van der Waals surface area contributed by atoms with Gasteiger partial charge in [-0.25, -0.2) is 0 Å². The molecular weight excluding hydrogens is 377 g/mol. The molecular formula is C19H42Cl2NOTi-. The maximum atomic E-state index is 7.88. The Morgan fingerprint density at radius 2 is 0.917 bits per heavy atom. The van der Waals surface area contributed by atoms with Gasteiger partial charge in [0.1, 0.15) is 0 Å². The SMILES string of the molecule is CCCCCCCC[N-]CCCCCCCC.CCCO.[Cl][Ti][Cl]. The van der Waals surface area contributed by atoms with Gasteiger partial charge in [-0.2, -0.15) is 0 Å². The fraction of sp³-hybridized carbons (Fsp3) is 1.00. The molecule has 0 aromatic carbocycles. The molecule has 0 aliphatic heterocycles. The molecule has 0 aliphatic rings. The third-order valence-electron chi connectivity index (χ3n) is 3.56. The first-order chi connectivity index (χ1) is 11.7. The van der Waals surface area contributed by atoms with Crippen LogP contribution in [0.2, 0.25) is 0 Å². The van der Waals surface area contributed by atoms with Gasteiger partial charge in [-0.1, -0.05) is 97.8 Å². The summed E-state index contributed by atoms with van der Waals surface area (Å²) < 4.78 is 0. The molecule has 0 atom stereocenters. The molecule has 0 radical (unpaired) electrons. The molecule has 0 aromatic rings. The van der Waals surface area contributed by atoms with E-state index in [-0.39, 0.29) is 0 Å². The first-order valence-corrected chi connectivity index (χ1v) is 14.2. The standard InChI is InChI=1S/C16H34N.C3H8O.2ClH.Ti/c1-3-5-7-9-11-13-15-17-16-14-12-10-8-6-4-2;1-2-3-4;;;/h3-16H2,1-2H3;4H,2-3H2,1H3;2*1H;/q-1;;;;+2/p-2. The van der Waals surface area contributed by atoms with Crippen LogP contribution in [0.25, 0.3) is 5.32 Å². The van der Waals surface area contributed by atoms with Crippen molar-refractivity contribution in [2.75, 3.05) is 19.7 Å². The first-order valence-electron chi connectivity index (χ1n) is 9.95. The van der Waals surface area contributed by atoms with Gasteiger partial charge in [-0.05, 0) is 6.42 Å². The van der Waals surface area contributed by atoms with E-state index in [9.17, 15) is 0 Å². The van der Waals surface area contributed by atoms with Gasteiger partial charge in [0.25, 0.3) is 0 Å². The van der Waals surface area contributed by atoms with Crippen molar-refractivity contribution in [3.05, 3.63) is 5.32 Å². The Morgan fingerprint density at radius 1 is 0.625 bits per heavy atom. The summed E-state index contributed by atoms with van der Waals surface area (Å²) in [4.78, 5) is 0. The quantitative estimate of drug-likeness (QED) is 0.213. The zero-order valence-corrected chi connectivity index (χ0v) is 19.5. The fourth-order valence-electron chi connectivity index (χ4n) is 2.12. The van der Waals surface area contributed by atoms with Crippen molar-refractivity contribution >= 4 is 18.6 Å². The fourth-order valence-corrected chi connectivity index (χ4v) is 2.12. The molecule has 0 saturated heterocycles. The van der Waals surface area contributed by atoms with Crippen LogP contribution in [-0.2, 0) is 17.0 Å². The average Bonchev–Trinajstić information content (AvgIpc) is 2.60. The maximum absolute atomic E-state index is 7.88. The second kappa shape index (κ2) is 35.3. The van der Waals surface area contributed by atoms with E-state index in [0.29, 0.717) is 6.61 Å². The van der Waals surface area contributed by atoms with E-state index in [0.717, 1.165) is 19.5 Å². The average molecular weight is 419 g/mol. The number of rotatable bonds is 15. The van der Waals surface area contributed by atoms with Crippen LogP contribution in [0, 0.1) is 0 Å². The van der Waals surface area contributed by atoms with Crippen LogP contribution in [0.15, 0.2) is 0 Å². The summed E-state index contributed by atoms with van der Waals surface area (Å²) in [7, 11) is 9.78. The molecule has 0 aliphatic carbocycles. The summed E-state index contributed by atoms with van der Waals surface area (Å²) in [6, 6.07) is 0. The van der Waals surface area contributed by atoms with E-state index in [1.807, 2.05) is 6.92 Å². The minimum absolute atomic E-state index is 0.319. The molecule has 0 saturated carbocycles. The number of unbranched alkanes of at least 4 members (excludes halogenated alkanes) is 10. The molecule has 0 rings (SSSR count). The van der Waals surface area contributed by atoms with Crippen molar-refractivity contribution in [3.63, 3.8) is 0 Å². The topological polar surface area (TPSA) is 34.3 Å². The molecule has 0 unspecified atom stereocenters. The predicted octanol–water partition coefficient (Wildman–Crippen LogP) is 7.85. The second-order valence-electron chi connectivity index (χ2n) is 6.00. The molecule has 0 amide bonds. The molecule has 148 valence electrons. The van der Waals surface area contributed by atoms with Gasteiger partial charge in [0, 0.05) is 6.61 Å².